The molecule has 0 atom stereocenters. The van der Waals surface area contributed by atoms with Crippen LogP contribution in [0.1, 0.15) is 53.7 Å². The summed E-state index contributed by atoms with van der Waals surface area (Å²) in [6.07, 6.45) is 8.06. The molecule has 0 unspecified atom stereocenters. The summed E-state index contributed by atoms with van der Waals surface area (Å²) in [7, 11) is 0. The lowest BCUT2D eigenvalue weighted by Gasteiger charge is -2.12. The molecule has 0 amide bonds. The third-order valence-electron chi connectivity index (χ3n) is 4.68. The summed E-state index contributed by atoms with van der Waals surface area (Å²) in [5.41, 5.74) is 2.89. The molecular formula is C24H25N3O3. The molecule has 1 aromatic carbocycles. The molecule has 2 heterocycles. The minimum atomic E-state index is -0.469. The Bertz CT molecular complexity index is 1040. The number of aromatic nitrogens is 2. The molecule has 0 saturated heterocycles. The zero-order chi connectivity index (χ0) is 21.3. The fraction of sp³-hybridized carbons (Fsp3) is 0.292. The van der Waals surface area contributed by atoms with Crippen LogP contribution in [0.25, 0.3) is 5.82 Å². The van der Waals surface area contributed by atoms with Gasteiger partial charge in [-0.2, -0.15) is 5.26 Å². The average molecular weight is 403 g/mol. The van der Waals surface area contributed by atoms with E-state index >= 15 is 0 Å². The molecule has 154 valence electrons. The number of esters is 1. The Morgan fingerprint density at radius 2 is 2.00 bits per heavy atom. The molecule has 3 aromatic rings. The average Bonchev–Trinajstić information content (AvgIpc) is 3.20. The second-order valence-corrected chi connectivity index (χ2v) is 6.85. The molecule has 0 saturated carbocycles. The Morgan fingerprint density at radius 3 is 2.70 bits per heavy atom. The van der Waals surface area contributed by atoms with Crippen LogP contribution >= 0.6 is 0 Å². The minimum absolute atomic E-state index is 0.262. The maximum absolute atomic E-state index is 12.5. The monoisotopic (exact) mass is 403 g/mol. The summed E-state index contributed by atoms with van der Waals surface area (Å²) in [5.74, 6) is 0.423. The van der Waals surface area contributed by atoms with Gasteiger partial charge in [0.05, 0.1) is 18.4 Å². The van der Waals surface area contributed by atoms with Crippen molar-refractivity contribution in [3.63, 3.8) is 0 Å². The predicted octanol–water partition coefficient (Wildman–Crippen LogP) is 4.84. The summed E-state index contributed by atoms with van der Waals surface area (Å²) in [6, 6.07) is 13.6. The summed E-state index contributed by atoms with van der Waals surface area (Å²) in [6.45, 7) is 4.45. The molecule has 3 rings (SSSR count). The molecule has 30 heavy (non-hydrogen) atoms. The van der Waals surface area contributed by atoms with E-state index in [-0.39, 0.29) is 6.61 Å². The van der Waals surface area contributed by atoms with Crippen LogP contribution in [0.3, 0.4) is 0 Å². The topological polar surface area (TPSA) is 77.1 Å². The lowest BCUT2D eigenvalue weighted by molar-refractivity contribution is 0.0521. The first-order valence-electron chi connectivity index (χ1n) is 10.1. The molecular weight excluding hydrogens is 378 g/mol. The fourth-order valence-electron chi connectivity index (χ4n) is 3.09. The number of carbonyl (C=O) groups excluding carboxylic acids is 1. The predicted molar refractivity (Wildman–Crippen MR) is 114 cm³/mol. The summed E-state index contributed by atoms with van der Waals surface area (Å²) >= 11 is 0. The van der Waals surface area contributed by atoms with E-state index in [1.807, 2.05) is 36.5 Å². The highest BCUT2D eigenvalue weighted by atomic mass is 16.5. The minimum Gasteiger partial charge on any atom is -0.486 e. The van der Waals surface area contributed by atoms with Crippen LogP contribution in [0, 0.1) is 11.3 Å². The van der Waals surface area contributed by atoms with Crippen LogP contribution in [0.5, 0.6) is 5.75 Å². The van der Waals surface area contributed by atoms with Gasteiger partial charge in [0.15, 0.2) is 5.75 Å². The Kier molecular flexibility index (Phi) is 7.23. The van der Waals surface area contributed by atoms with Crippen molar-refractivity contribution >= 4 is 5.97 Å². The van der Waals surface area contributed by atoms with Crippen LogP contribution in [-0.2, 0) is 17.8 Å². The highest BCUT2D eigenvalue weighted by Crippen LogP contribution is 2.24. The van der Waals surface area contributed by atoms with Gasteiger partial charge in [-0.15, -0.1) is 0 Å². The van der Waals surface area contributed by atoms with Crippen molar-refractivity contribution in [3.05, 3.63) is 77.2 Å². The van der Waals surface area contributed by atoms with Gasteiger partial charge in [0, 0.05) is 12.4 Å². The van der Waals surface area contributed by atoms with Crippen LogP contribution in [0.15, 0.2) is 55.0 Å². The number of hydrogen-bond donors (Lipinski definition) is 0. The zero-order valence-electron chi connectivity index (χ0n) is 17.3. The van der Waals surface area contributed by atoms with Crippen molar-refractivity contribution in [1.82, 2.24) is 9.55 Å². The molecule has 0 N–H and O–H groups in total. The van der Waals surface area contributed by atoms with Crippen molar-refractivity contribution in [2.45, 2.75) is 39.7 Å². The van der Waals surface area contributed by atoms with E-state index in [0.717, 1.165) is 30.4 Å². The Labute approximate surface area is 176 Å². The van der Waals surface area contributed by atoms with Gasteiger partial charge in [-0.3, -0.25) is 0 Å². The SMILES string of the molecule is CCCCc1cn(-c2cc(C(=O)OCC)c(OCc3ccccc3)cn2)cc1C#N. The third-order valence-corrected chi connectivity index (χ3v) is 4.68. The molecule has 0 aliphatic rings. The van der Waals surface area contributed by atoms with E-state index in [1.54, 1.807) is 23.8 Å². The maximum Gasteiger partial charge on any atom is 0.342 e. The molecule has 0 bridgehead atoms. The normalized spacial score (nSPS) is 10.4. The van der Waals surface area contributed by atoms with Crippen molar-refractivity contribution in [3.8, 4) is 17.6 Å². The summed E-state index contributed by atoms with van der Waals surface area (Å²) < 4.78 is 12.8. The standard InChI is InChI=1S/C24H25N3O3/c1-3-5-11-19-15-27(16-20(19)13-25)23-12-21(24(28)29-4-2)22(14-26-23)30-17-18-9-7-6-8-10-18/h6-10,12,14-16H,3-5,11,17H2,1-2H3. The van der Waals surface area contributed by atoms with Crippen molar-refractivity contribution in [2.75, 3.05) is 6.61 Å². The van der Waals surface area contributed by atoms with Crippen LogP contribution < -0.4 is 4.74 Å². The van der Waals surface area contributed by atoms with Gasteiger partial charge in [0.1, 0.15) is 24.1 Å². The number of ether oxygens (including phenoxy) is 2. The second kappa shape index (κ2) is 10.3. The number of rotatable bonds is 9. The van der Waals surface area contributed by atoms with Gasteiger partial charge >= 0.3 is 5.97 Å². The maximum atomic E-state index is 12.5. The van der Waals surface area contributed by atoms with Crippen LogP contribution in [-0.4, -0.2) is 22.1 Å². The number of nitrogens with zero attached hydrogens (tertiary/aromatic N) is 3. The van der Waals surface area contributed by atoms with E-state index in [2.05, 4.69) is 18.0 Å². The summed E-state index contributed by atoms with van der Waals surface area (Å²) in [5, 5.41) is 9.44. The van der Waals surface area contributed by atoms with E-state index < -0.39 is 5.97 Å². The van der Waals surface area contributed by atoms with Crippen molar-refractivity contribution < 1.29 is 14.3 Å². The number of carbonyl (C=O) groups is 1. The molecule has 0 fully saturated rings. The first kappa shape index (κ1) is 21.1. The Balaban J connectivity index is 1.91. The highest BCUT2D eigenvalue weighted by molar-refractivity contribution is 5.92. The smallest absolute Gasteiger partial charge is 0.342 e. The number of hydrogen-bond acceptors (Lipinski definition) is 5. The van der Waals surface area contributed by atoms with E-state index in [9.17, 15) is 10.1 Å². The quantitative estimate of drug-likeness (QED) is 0.478. The van der Waals surface area contributed by atoms with Gasteiger partial charge < -0.3 is 14.0 Å². The number of unbranched alkanes of at least 4 members (excludes halogenated alkanes) is 1. The molecule has 6 nitrogen and oxygen atoms in total. The molecule has 6 heteroatoms. The number of benzene rings is 1. The van der Waals surface area contributed by atoms with Gasteiger partial charge in [0.2, 0.25) is 0 Å². The van der Waals surface area contributed by atoms with Gasteiger partial charge in [0.25, 0.3) is 0 Å². The molecule has 0 radical (unpaired) electrons. The molecule has 0 aliphatic carbocycles. The second-order valence-electron chi connectivity index (χ2n) is 6.85. The molecule has 2 aromatic heterocycles. The lowest BCUT2D eigenvalue weighted by atomic mass is 10.1. The van der Waals surface area contributed by atoms with Gasteiger partial charge in [-0.1, -0.05) is 43.7 Å². The Hall–Kier alpha value is -3.59. The van der Waals surface area contributed by atoms with E-state index in [1.165, 1.54) is 6.20 Å². The molecule has 0 aliphatic heterocycles. The first-order chi connectivity index (χ1) is 14.7. The van der Waals surface area contributed by atoms with E-state index in [0.29, 0.717) is 29.3 Å². The Morgan fingerprint density at radius 1 is 1.20 bits per heavy atom. The number of nitriles is 1. The van der Waals surface area contributed by atoms with Gasteiger partial charge in [-0.25, -0.2) is 9.78 Å². The fourth-order valence-corrected chi connectivity index (χ4v) is 3.09. The molecule has 0 spiro atoms. The van der Waals surface area contributed by atoms with E-state index in [4.69, 9.17) is 9.47 Å². The number of aryl methyl sites for hydroxylation is 1. The third kappa shape index (κ3) is 5.06. The number of pyridine rings is 1. The van der Waals surface area contributed by atoms with Crippen LogP contribution in [0.2, 0.25) is 0 Å². The highest BCUT2D eigenvalue weighted by Gasteiger charge is 2.18. The zero-order valence-corrected chi connectivity index (χ0v) is 17.3. The van der Waals surface area contributed by atoms with Crippen LogP contribution in [0.4, 0.5) is 0 Å². The van der Waals surface area contributed by atoms with Gasteiger partial charge in [-0.05, 0) is 37.0 Å². The largest absolute Gasteiger partial charge is 0.486 e. The lowest BCUT2D eigenvalue weighted by Crippen LogP contribution is -2.10. The van der Waals surface area contributed by atoms with Crippen molar-refractivity contribution in [1.29, 1.82) is 5.26 Å². The van der Waals surface area contributed by atoms with Crippen molar-refractivity contribution in [2.24, 2.45) is 0 Å². The first-order valence-corrected chi connectivity index (χ1v) is 10.1. The summed E-state index contributed by atoms with van der Waals surface area (Å²) in [4.78, 5) is 17.0.